The summed E-state index contributed by atoms with van der Waals surface area (Å²) in [7, 11) is -3.36. The van der Waals surface area contributed by atoms with Gasteiger partial charge in [-0.15, -0.1) is 0 Å². The summed E-state index contributed by atoms with van der Waals surface area (Å²) in [4.78, 5) is 39.7. The normalized spacial score (nSPS) is 26.9. The molecule has 164 valence electrons. The minimum atomic E-state index is -3.36. The average molecular weight is 440 g/mol. The first kappa shape index (κ1) is 20.8. The third kappa shape index (κ3) is 3.48. The van der Waals surface area contributed by atoms with Crippen molar-refractivity contribution >= 4 is 21.8 Å². The van der Waals surface area contributed by atoms with Gasteiger partial charge in [0, 0.05) is 31.4 Å². The lowest BCUT2D eigenvalue weighted by molar-refractivity contribution is -0.112. The van der Waals surface area contributed by atoms with Gasteiger partial charge in [0.1, 0.15) is 5.56 Å². The van der Waals surface area contributed by atoms with Gasteiger partial charge in [-0.3, -0.25) is 14.4 Å². The van der Waals surface area contributed by atoms with Crippen LogP contribution in [0.3, 0.4) is 0 Å². The summed E-state index contributed by atoms with van der Waals surface area (Å²) in [5.41, 5.74) is -1.40. The van der Waals surface area contributed by atoms with Crippen molar-refractivity contribution in [2.24, 2.45) is 0 Å². The predicted octanol–water partition coefficient (Wildman–Crippen LogP) is -1.09. The Balaban J connectivity index is 1.61. The summed E-state index contributed by atoms with van der Waals surface area (Å²) in [5.74, 6) is -2.01. The lowest BCUT2D eigenvalue weighted by atomic mass is 10.1. The van der Waals surface area contributed by atoms with E-state index >= 15 is 0 Å². The van der Waals surface area contributed by atoms with Crippen LogP contribution in [0.4, 0.5) is 0 Å². The van der Waals surface area contributed by atoms with E-state index in [9.17, 15) is 27.9 Å². The van der Waals surface area contributed by atoms with E-state index in [-0.39, 0.29) is 36.9 Å². The minimum absolute atomic E-state index is 0.0948. The van der Waals surface area contributed by atoms with Crippen LogP contribution in [0.25, 0.3) is 0 Å². The van der Waals surface area contributed by atoms with Crippen molar-refractivity contribution in [1.29, 1.82) is 0 Å². The molecule has 2 amide bonds. The molecule has 0 bridgehead atoms. The lowest BCUT2D eigenvalue weighted by Crippen LogP contribution is -2.57. The SMILES string of the molecule is C[C@@H]1CCO[C@H]2Cn3cc(C(=O)N[C@H]4CCN(S(C)(=O)=O)C4)c(=O)c(O)c3C(=O)N12. The summed E-state index contributed by atoms with van der Waals surface area (Å²) >= 11 is 0. The van der Waals surface area contributed by atoms with Gasteiger partial charge in [0.05, 0.1) is 19.4 Å². The van der Waals surface area contributed by atoms with Gasteiger partial charge >= 0.3 is 0 Å². The third-order valence-electron chi connectivity index (χ3n) is 5.88. The predicted molar refractivity (Wildman–Crippen MR) is 105 cm³/mol. The molecule has 1 aromatic rings. The van der Waals surface area contributed by atoms with Gasteiger partial charge in [0.2, 0.25) is 15.5 Å². The maximum Gasteiger partial charge on any atom is 0.276 e. The molecule has 12 heteroatoms. The molecule has 30 heavy (non-hydrogen) atoms. The largest absolute Gasteiger partial charge is 0.503 e. The molecule has 3 aliphatic heterocycles. The minimum Gasteiger partial charge on any atom is -0.503 e. The molecular weight excluding hydrogens is 416 g/mol. The van der Waals surface area contributed by atoms with Gasteiger partial charge in [0.25, 0.3) is 11.8 Å². The molecule has 2 N–H and O–H groups in total. The van der Waals surface area contributed by atoms with Gasteiger partial charge in [-0.05, 0) is 19.8 Å². The number of amides is 2. The Morgan fingerprint density at radius 3 is 2.67 bits per heavy atom. The van der Waals surface area contributed by atoms with Crippen molar-refractivity contribution in [2.75, 3.05) is 26.0 Å². The first-order valence-corrected chi connectivity index (χ1v) is 11.6. The van der Waals surface area contributed by atoms with E-state index in [1.807, 2.05) is 6.92 Å². The molecule has 3 atom stereocenters. The van der Waals surface area contributed by atoms with Crippen LogP contribution in [0.5, 0.6) is 5.75 Å². The maximum absolute atomic E-state index is 12.9. The number of nitrogens with one attached hydrogen (secondary N) is 1. The van der Waals surface area contributed by atoms with Crippen LogP contribution in [0.2, 0.25) is 0 Å². The van der Waals surface area contributed by atoms with Gasteiger partial charge in [0.15, 0.2) is 17.7 Å². The van der Waals surface area contributed by atoms with Crippen LogP contribution in [0.1, 0.15) is 40.6 Å². The number of hydrogen-bond donors (Lipinski definition) is 2. The number of hydrogen-bond acceptors (Lipinski definition) is 7. The summed E-state index contributed by atoms with van der Waals surface area (Å²) in [5, 5.41) is 13.1. The number of fused-ring (bicyclic) bond motifs is 2. The Morgan fingerprint density at radius 2 is 2.00 bits per heavy atom. The number of sulfonamides is 1. The number of carbonyl (C=O) groups is 2. The molecule has 0 aromatic carbocycles. The molecule has 0 radical (unpaired) electrons. The van der Waals surface area contributed by atoms with Crippen LogP contribution < -0.4 is 10.7 Å². The van der Waals surface area contributed by atoms with E-state index in [0.717, 1.165) is 6.26 Å². The first-order valence-electron chi connectivity index (χ1n) is 9.74. The van der Waals surface area contributed by atoms with Crippen molar-refractivity contribution < 1.29 is 27.9 Å². The molecule has 1 aromatic heterocycles. The zero-order chi connectivity index (χ0) is 21.8. The van der Waals surface area contributed by atoms with Crippen molar-refractivity contribution in [2.45, 2.75) is 44.6 Å². The molecule has 0 unspecified atom stereocenters. The zero-order valence-corrected chi connectivity index (χ0v) is 17.5. The molecule has 0 aliphatic carbocycles. The zero-order valence-electron chi connectivity index (χ0n) is 16.7. The molecule has 3 aliphatic rings. The van der Waals surface area contributed by atoms with Crippen LogP contribution in [0.15, 0.2) is 11.0 Å². The highest BCUT2D eigenvalue weighted by molar-refractivity contribution is 7.88. The van der Waals surface area contributed by atoms with Gasteiger partial charge in [-0.2, -0.15) is 0 Å². The molecule has 4 rings (SSSR count). The van der Waals surface area contributed by atoms with Crippen molar-refractivity contribution in [3.63, 3.8) is 0 Å². The second-order valence-electron chi connectivity index (χ2n) is 7.98. The van der Waals surface area contributed by atoms with Crippen molar-refractivity contribution in [3.8, 4) is 5.75 Å². The first-order chi connectivity index (χ1) is 14.1. The van der Waals surface area contributed by atoms with Crippen molar-refractivity contribution in [1.82, 2.24) is 19.1 Å². The van der Waals surface area contributed by atoms with Crippen LogP contribution >= 0.6 is 0 Å². The number of rotatable bonds is 3. The van der Waals surface area contributed by atoms with Crippen molar-refractivity contribution in [3.05, 3.63) is 27.7 Å². The van der Waals surface area contributed by atoms with Gasteiger partial charge in [-0.25, -0.2) is 12.7 Å². The fourth-order valence-electron chi connectivity index (χ4n) is 4.23. The van der Waals surface area contributed by atoms with E-state index in [0.29, 0.717) is 19.4 Å². The quantitative estimate of drug-likeness (QED) is 0.609. The Bertz CT molecular complexity index is 1070. The summed E-state index contributed by atoms with van der Waals surface area (Å²) in [6, 6.07) is -0.544. The highest BCUT2D eigenvalue weighted by Gasteiger charge is 2.41. The summed E-state index contributed by atoms with van der Waals surface area (Å²) < 4.78 is 31.6. The number of ether oxygens (including phenoxy) is 1. The Morgan fingerprint density at radius 1 is 1.27 bits per heavy atom. The lowest BCUT2D eigenvalue weighted by Gasteiger charge is -2.44. The Hall–Kier alpha value is -2.44. The fraction of sp³-hybridized carbons (Fsp3) is 0.611. The van der Waals surface area contributed by atoms with E-state index in [4.69, 9.17) is 4.74 Å². The van der Waals surface area contributed by atoms with Crippen LogP contribution in [0, 0.1) is 0 Å². The molecular formula is C18H24N4O7S. The van der Waals surface area contributed by atoms with Gasteiger partial charge in [-0.1, -0.05) is 0 Å². The summed E-state index contributed by atoms with van der Waals surface area (Å²) in [6.45, 7) is 2.94. The second kappa shape index (κ2) is 7.36. The topological polar surface area (TPSA) is 138 Å². The summed E-state index contributed by atoms with van der Waals surface area (Å²) in [6.07, 6.45) is 2.88. The molecule has 4 heterocycles. The number of pyridine rings is 1. The van der Waals surface area contributed by atoms with Gasteiger partial charge < -0.3 is 24.6 Å². The Labute approximate surface area is 173 Å². The Kier molecular flexibility index (Phi) is 5.11. The fourth-order valence-corrected chi connectivity index (χ4v) is 5.12. The number of aromatic nitrogens is 1. The average Bonchev–Trinajstić information content (AvgIpc) is 3.13. The molecule has 2 saturated heterocycles. The second-order valence-corrected chi connectivity index (χ2v) is 9.96. The van der Waals surface area contributed by atoms with E-state index in [1.165, 1.54) is 20.0 Å². The standard InChI is InChI=1S/C18H24N4O7S/c1-10-4-6-29-13-9-20-8-12(15(23)16(24)14(20)18(26)22(10)13)17(25)19-11-3-5-21(7-11)30(2,27)28/h8,10-11,13,24H,3-7,9H2,1-2H3,(H,19,25)/t10-,11+,13+/m1/s1. The van der Waals surface area contributed by atoms with Crippen LogP contribution in [-0.4, -0.2) is 83.4 Å². The molecule has 11 nitrogen and oxygen atoms in total. The number of aromatic hydroxyl groups is 1. The number of carbonyl (C=O) groups excluding carboxylic acids is 2. The molecule has 0 saturated carbocycles. The molecule has 0 spiro atoms. The highest BCUT2D eigenvalue weighted by Crippen LogP contribution is 2.29. The smallest absolute Gasteiger partial charge is 0.276 e. The number of nitrogens with zero attached hydrogens (tertiary/aromatic N) is 3. The highest BCUT2D eigenvalue weighted by atomic mass is 32.2. The van der Waals surface area contributed by atoms with E-state index in [1.54, 1.807) is 0 Å². The maximum atomic E-state index is 12.9. The third-order valence-corrected chi connectivity index (χ3v) is 7.15. The monoisotopic (exact) mass is 440 g/mol. The van der Waals surface area contributed by atoms with Crippen LogP contribution in [-0.2, 0) is 21.3 Å². The van der Waals surface area contributed by atoms with E-state index < -0.39 is 45.3 Å². The van der Waals surface area contributed by atoms with E-state index in [2.05, 4.69) is 5.32 Å². The molecule has 2 fully saturated rings.